The standard InChI is InChI=1S/C19H28N8O9S/c1-7(13(21)30)19(18(34)35)26-14(27-36)9(4-12(20)29)24-15(31)8(2)23-16(32)10(5-28)25-17(33)11(22-3)6-37-19/h8-11,22,28H,1,4-6H2,2-3H3,(H8,20,21,23,24,25,29,30,31,32,33,34,35)/p+1/t8?,9?,10?,11?,19-/m1/s1. The first-order valence-electron chi connectivity index (χ1n) is 10.6. The summed E-state index contributed by atoms with van der Waals surface area (Å²) in [5.41, 5.74) is 9.71. The summed E-state index contributed by atoms with van der Waals surface area (Å²) in [6, 6.07) is -5.70. The molecular weight excluding hydrogens is 516 g/mol. The summed E-state index contributed by atoms with van der Waals surface area (Å²) in [5, 5.41) is 31.2. The van der Waals surface area contributed by atoms with Gasteiger partial charge >= 0.3 is 11.8 Å². The zero-order valence-electron chi connectivity index (χ0n) is 19.9. The second kappa shape index (κ2) is 13.4. The molecule has 0 aromatic heterocycles. The van der Waals surface area contributed by atoms with Gasteiger partial charge in [-0.25, -0.2) is 10.1 Å². The molecular formula is C19H29N8O9S+. The zero-order valence-corrected chi connectivity index (χ0v) is 20.7. The zero-order chi connectivity index (χ0) is 28.5. The number of nitroso groups, excluding NO2 is 1. The molecule has 1 fully saturated rings. The van der Waals surface area contributed by atoms with Gasteiger partial charge in [0.05, 0.1) is 29.5 Å². The molecule has 1 aliphatic rings. The number of aliphatic carboxylic acids is 1. The Morgan fingerprint density at radius 2 is 1.73 bits per heavy atom. The molecule has 0 aliphatic carbocycles. The minimum Gasteiger partial charge on any atom is -0.477 e. The van der Waals surface area contributed by atoms with Crippen molar-refractivity contribution in [1.82, 2.24) is 31.4 Å². The van der Waals surface area contributed by atoms with Gasteiger partial charge in [0.2, 0.25) is 29.5 Å². The van der Waals surface area contributed by atoms with Crippen LogP contribution in [-0.2, 0) is 28.8 Å². The van der Waals surface area contributed by atoms with Gasteiger partial charge < -0.3 is 42.9 Å². The van der Waals surface area contributed by atoms with Crippen molar-refractivity contribution in [3.8, 4) is 0 Å². The number of aliphatic hydroxyl groups is 1. The van der Waals surface area contributed by atoms with Gasteiger partial charge in [0.25, 0.3) is 4.87 Å². The van der Waals surface area contributed by atoms with Gasteiger partial charge in [-0.05, 0) is 14.0 Å². The van der Waals surface area contributed by atoms with E-state index in [9.17, 15) is 43.9 Å². The van der Waals surface area contributed by atoms with Crippen molar-refractivity contribution in [3.63, 3.8) is 0 Å². The third kappa shape index (κ3) is 7.74. The lowest BCUT2D eigenvalue weighted by Gasteiger charge is -2.28. The van der Waals surface area contributed by atoms with E-state index in [4.69, 9.17) is 11.5 Å². The maximum absolute atomic E-state index is 12.8. The molecule has 11 N–H and O–H groups in total. The summed E-state index contributed by atoms with van der Waals surface area (Å²) in [6.45, 7) is 3.75. The lowest BCUT2D eigenvalue weighted by Crippen LogP contribution is -2.62. The average Bonchev–Trinajstić information content (AvgIpc) is 2.82. The van der Waals surface area contributed by atoms with Gasteiger partial charge in [-0.1, -0.05) is 18.3 Å². The van der Waals surface area contributed by atoms with Crippen molar-refractivity contribution in [2.75, 3.05) is 19.4 Å². The normalized spacial score (nSPS) is 27.6. The lowest BCUT2D eigenvalue weighted by atomic mass is 10.1. The van der Waals surface area contributed by atoms with Crippen LogP contribution in [0.3, 0.4) is 0 Å². The van der Waals surface area contributed by atoms with Gasteiger partial charge in [0, 0.05) is 10.7 Å². The minimum absolute atomic E-state index is 0.387. The highest BCUT2D eigenvalue weighted by Crippen LogP contribution is 2.31. The van der Waals surface area contributed by atoms with Gasteiger partial charge in [-0.3, -0.25) is 24.0 Å². The second-order valence-corrected chi connectivity index (χ2v) is 9.02. The first-order valence-corrected chi connectivity index (χ1v) is 11.5. The van der Waals surface area contributed by atoms with Crippen LogP contribution in [0.25, 0.3) is 0 Å². The number of carbonyl (C=O) groups is 6. The molecule has 0 aromatic carbocycles. The highest BCUT2D eigenvalue weighted by molar-refractivity contribution is 8.01. The van der Waals surface area contributed by atoms with Gasteiger partial charge in [-0.2, -0.15) is 0 Å². The van der Waals surface area contributed by atoms with Crippen molar-refractivity contribution in [1.29, 1.82) is 0 Å². The Morgan fingerprint density at radius 1 is 1.14 bits per heavy atom. The number of carboxylic acid groups (broad SMARTS) is 1. The molecule has 4 unspecified atom stereocenters. The van der Waals surface area contributed by atoms with Crippen LogP contribution in [0.4, 0.5) is 0 Å². The Hall–Kier alpha value is -3.99. The minimum atomic E-state index is -2.61. The highest BCUT2D eigenvalue weighted by Gasteiger charge is 2.53. The van der Waals surface area contributed by atoms with E-state index in [0.717, 1.165) is 0 Å². The molecule has 0 spiro atoms. The fourth-order valence-corrected chi connectivity index (χ4v) is 4.34. The molecule has 0 saturated carbocycles. The van der Waals surface area contributed by atoms with Crippen LogP contribution in [0.15, 0.2) is 12.2 Å². The van der Waals surface area contributed by atoms with Crippen LogP contribution < -0.4 is 42.9 Å². The molecule has 1 rings (SSSR count). The molecule has 18 heteroatoms. The Kier molecular flexibility index (Phi) is 11.2. The van der Waals surface area contributed by atoms with E-state index in [2.05, 4.69) is 38.0 Å². The maximum Gasteiger partial charge on any atom is 0.426 e. The summed E-state index contributed by atoms with van der Waals surface area (Å²) >= 11 is 0.387. The first-order chi connectivity index (χ1) is 17.2. The second-order valence-electron chi connectivity index (χ2n) is 7.79. The summed E-state index contributed by atoms with van der Waals surface area (Å²) in [7, 11) is 1.34. The Bertz CT molecular complexity index is 1030. The van der Waals surface area contributed by atoms with E-state index in [1.807, 2.05) is 0 Å². The van der Waals surface area contributed by atoms with Crippen LogP contribution in [0.2, 0.25) is 0 Å². The van der Waals surface area contributed by atoms with E-state index in [1.165, 1.54) is 14.0 Å². The predicted molar refractivity (Wildman–Crippen MR) is 130 cm³/mol. The summed E-state index contributed by atoms with van der Waals surface area (Å²) in [4.78, 5) is 85.9. The molecule has 17 nitrogen and oxygen atoms in total. The van der Waals surface area contributed by atoms with E-state index in [0.29, 0.717) is 11.8 Å². The maximum atomic E-state index is 12.8. The number of thioether (sulfide) groups is 1. The van der Waals surface area contributed by atoms with Crippen molar-refractivity contribution < 1.29 is 39.0 Å². The Balaban J connectivity index is 3.75. The summed E-state index contributed by atoms with van der Waals surface area (Å²) in [5.74, 6) is -8.16. The fraction of sp³-hybridized carbons (Fsp3) is 0.526. The highest BCUT2D eigenvalue weighted by atomic mass is 32.2. The number of hydrogen-bond donors (Lipinski definition) is 9. The number of likely N-dealkylation sites (N-methyl/N-ethyl adjacent to an activating group) is 1. The topological polar surface area (TPSA) is 286 Å². The Morgan fingerprint density at radius 3 is 2.19 bits per heavy atom. The fourth-order valence-electron chi connectivity index (χ4n) is 3.03. The van der Waals surface area contributed by atoms with Crippen LogP contribution in [0.5, 0.6) is 0 Å². The van der Waals surface area contributed by atoms with Crippen LogP contribution in [-0.4, -0.2) is 100.0 Å². The first kappa shape index (κ1) is 31.0. The van der Waals surface area contributed by atoms with Crippen LogP contribution in [0, 0.1) is 4.91 Å². The predicted octanol–water partition coefficient (Wildman–Crippen LogP) is -5.69. The SMILES string of the molecule is C=C(C(N)=O)[C@@]1(C(=O)O)NC(=[N+]=O)C(CC(N)=O)NC(=O)C(C)NC(=O)C(CO)NC(=O)C(NC)CS1. The number of nitrogens with one attached hydrogen (secondary N) is 5. The van der Waals surface area contributed by atoms with Crippen molar-refractivity contribution in [3.05, 3.63) is 17.1 Å². The Labute approximate surface area is 214 Å². The molecule has 1 saturated heterocycles. The molecule has 1 aliphatic heterocycles. The molecule has 37 heavy (non-hydrogen) atoms. The lowest BCUT2D eigenvalue weighted by molar-refractivity contribution is -0.140. The molecule has 0 bridgehead atoms. The number of primary amides is 2. The number of amides is 5. The number of nitrogens with two attached hydrogens (primary N) is 2. The summed E-state index contributed by atoms with van der Waals surface area (Å²) in [6.07, 6.45) is -0.748. The third-order valence-corrected chi connectivity index (χ3v) is 6.63. The van der Waals surface area contributed by atoms with Crippen molar-refractivity contribution >= 4 is 53.1 Å². The quantitative estimate of drug-likeness (QED) is 0.107. The molecule has 1 heterocycles. The number of carbonyl (C=O) groups excluding carboxylic acids is 5. The summed E-state index contributed by atoms with van der Waals surface area (Å²) < 4.78 is 0. The molecule has 204 valence electrons. The van der Waals surface area contributed by atoms with E-state index < -0.39 is 94.7 Å². The van der Waals surface area contributed by atoms with Gasteiger partial charge in [0.15, 0.2) is 6.04 Å². The van der Waals surface area contributed by atoms with Crippen LogP contribution in [0.1, 0.15) is 13.3 Å². The van der Waals surface area contributed by atoms with Crippen LogP contribution >= 0.6 is 11.8 Å². The van der Waals surface area contributed by atoms with Crippen molar-refractivity contribution in [2.45, 2.75) is 42.4 Å². The van der Waals surface area contributed by atoms with Gasteiger partial charge in [0.1, 0.15) is 12.1 Å². The number of rotatable bonds is 7. The number of amidine groups is 1. The third-order valence-electron chi connectivity index (χ3n) is 5.18. The number of carboxylic acids is 1. The number of aliphatic hydroxyl groups excluding tert-OH is 1. The number of hydrogen-bond acceptors (Lipinski definition) is 10. The monoisotopic (exact) mass is 545 g/mol. The average molecular weight is 546 g/mol. The smallest absolute Gasteiger partial charge is 0.426 e. The molecule has 0 aromatic rings. The molecule has 0 radical (unpaired) electrons. The molecule has 5 atom stereocenters. The number of nitrogens with zero attached hydrogens (tertiary/aromatic N) is 1. The largest absolute Gasteiger partial charge is 0.477 e. The molecule has 5 amide bonds. The van der Waals surface area contributed by atoms with E-state index >= 15 is 0 Å². The van der Waals surface area contributed by atoms with Crippen molar-refractivity contribution in [2.24, 2.45) is 11.5 Å². The van der Waals surface area contributed by atoms with E-state index in [1.54, 1.807) is 0 Å². The van der Waals surface area contributed by atoms with Gasteiger partial charge in [-0.15, -0.1) is 0 Å². The van der Waals surface area contributed by atoms with E-state index in [-0.39, 0.29) is 0 Å².